The van der Waals surface area contributed by atoms with E-state index >= 15 is 0 Å². The molecule has 2 rings (SSSR count). The molecule has 0 bridgehead atoms. The van der Waals surface area contributed by atoms with E-state index in [0.717, 1.165) is 31.7 Å². The quantitative estimate of drug-likeness (QED) is 0.755. The Balaban J connectivity index is 2.25. The second kappa shape index (κ2) is 5.27. The third-order valence-corrected chi connectivity index (χ3v) is 3.50. The van der Waals surface area contributed by atoms with Crippen LogP contribution in [0.25, 0.3) is 0 Å². The van der Waals surface area contributed by atoms with Crippen LogP contribution in [0.4, 0.5) is 8.78 Å². The Morgan fingerprint density at radius 3 is 2.18 bits per heavy atom. The van der Waals surface area contributed by atoms with Gasteiger partial charge in [0.1, 0.15) is 11.6 Å². The second-order valence-electron chi connectivity index (χ2n) is 4.71. The zero-order valence-electron chi connectivity index (χ0n) is 9.63. The standard InChI is InChI=1S/C14H15F2N/c15-12-6-11(7-13(16)8-12)14(9-17)10-4-2-1-3-5-10/h6-8,10,14H,1-5H2. The summed E-state index contributed by atoms with van der Waals surface area (Å²) in [5.74, 6) is -1.33. The smallest absolute Gasteiger partial charge is 0.126 e. The Morgan fingerprint density at radius 1 is 1.06 bits per heavy atom. The van der Waals surface area contributed by atoms with Crippen molar-refractivity contribution >= 4 is 0 Å². The minimum Gasteiger partial charge on any atom is -0.207 e. The number of hydrogen-bond acceptors (Lipinski definition) is 1. The summed E-state index contributed by atoms with van der Waals surface area (Å²) in [4.78, 5) is 0. The van der Waals surface area contributed by atoms with E-state index in [1.54, 1.807) is 0 Å². The van der Waals surface area contributed by atoms with Gasteiger partial charge in [-0.1, -0.05) is 19.3 Å². The molecule has 0 heterocycles. The van der Waals surface area contributed by atoms with E-state index in [9.17, 15) is 14.0 Å². The summed E-state index contributed by atoms with van der Waals surface area (Å²) in [6.07, 6.45) is 5.39. The Labute approximate surface area is 100 Å². The SMILES string of the molecule is N#CC(c1cc(F)cc(F)c1)C1CCCCC1. The van der Waals surface area contributed by atoms with Gasteiger partial charge in [-0.25, -0.2) is 8.78 Å². The van der Waals surface area contributed by atoms with Crippen LogP contribution in [0.15, 0.2) is 18.2 Å². The van der Waals surface area contributed by atoms with Crippen LogP contribution in [-0.2, 0) is 0 Å². The van der Waals surface area contributed by atoms with E-state index in [4.69, 9.17) is 0 Å². The largest absolute Gasteiger partial charge is 0.207 e. The zero-order valence-corrected chi connectivity index (χ0v) is 9.63. The molecule has 1 aromatic rings. The average molecular weight is 235 g/mol. The highest BCUT2D eigenvalue weighted by Crippen LogP contribution is 2.36. The third-order valence-electron chi connectivity index (χ3n) is 3.50. The van der Waals surface area contributed by atoms with Crippen LogP contribution in [0, 0.1) is 28.9 Å². The Bertz CT molecular complexity index is 410. The molecule has 1 nitrogen and oxygen atoms in total. The molecule has 3 heteroatoms. The van der Waals surface area contributed by atoms with Crippen molar-refractivity contribution in [1.29, 1.82) is 5.26 Å². The number of nitriles is 1. The van der Waals surface area contributed by atoms with Crippen molar-refractivity contribution in [2.45, 2.75) is 38.0 Å². The lowest BCUT2D eigenvalue weighted by Crippen LogP contribution is -2.15. The predicted octanol–water partition coefficient (Wildman–Crippen LogP) is 4.15. The highest BCUT2D eigenvalue weighted by atomic mass is 19.1. The minimum absolute atomic E-state index is 0.245. The summed E-state index contributed by atoms with van der Waals surface area (Å²) >= 11 is 0. The summed E-state index contributed by atoms with van der Waals surface area (Å²) in [6.45, 7) is 0. The fourth-order valence-electron chi connectivity index (χ4n) is 2.67. The maximum Gasteiger partial charge on any atom is 0.126 e. The molecule has 1 atom stereocenters. The first-order valence-electron chi connectivity index (χ1n) is 6.06. The molecule has 1 aromatic carbocycles. The van der Waals surface area contributed by atoms with E-state index in [0.29, 0.717) is 5.56 Å². The Hall–Kier alpha value is -1.43. The van der Waals surface area contributed by atoms with E-state index in [2.05, 4.69) is 6.07 Å². The maximum absolute atomic E-state index is 13.1. The molecular formula is C14H15F2N. The first-order chi connectivity index (χ1) is 8.20. The van der Waals surface area contributed by atoms with E-state index < -0.39 is 11.6 Å². The van der Waals surface area contributed by atoms with Crippen LogP contribution in [0.5, 0.6) is 0 Å². The van der Waals surface area contributed by atoms with Gasteiger partial charge in [-0.15, -0.1) is 0 Å². The van der Waals surface area contributed by atoms with Crippen LogP contribution >= 0.6 is 0 Å². The monoisotopic (exact) mass is 235 g/mol. The molecule has 90 valence electrons. The first-order valence-corrected chi connectivity index (χ1v) is 6.06. The molecule has 17 heavy (non-hydrogen) atoms. The minimum atomic E-state index is -0.601. The molecule has 1 aliphatic carbocycles. The molecule has 1 unspecified atom stereocenters. The molecule has 0 saturated heterocycles. The molecule has 0 aromatic heterocycles. The molecule has 0 N–H and O–H groups in total. The van der Waals surface area contributed by atoms with Gasteiger partial charge in [-0.2, -0.15) is 5.26 Å². The predicted molar refractivity (Wildman–Crippen MR) is 61.3 cm³/mol. The summed E-state index contributed by atoms with van der Waals surface area (Å²) in [6, 6.07) is 5.62. The second-order valence-corrected chi connectivity index (χ2v) is 4.71. The Morgan fingerprint density at radius 2 is 1.65 bits per heavy atom. The summed E-state index contributed by atoms with van der Waals surface area (Å²) in [7, 11) is 0. The van der Waals surface area contributed by atoms with E-state index in [1.807, 2.05) is 0 Å². The molecule has 0 spiro atoms. The van der Waals surface area contributed by atoms with Gasteiger partial charge in [0.2, 0.25) is 0 Å². The van der Waals surface area contributed by atoms with Crippen LogP contribution in [0.1, 0.15) is 43.6 Å². The third kappa shape index (κ3) is 2.82. The van der Waals surface area contributed by atoms with Crippen LogP contribution in [0.3, 0.4) is 0 Å². The van der Waals surface area contributed by atoms with Crippen molar-refractivity contribution in [3.8, 4) is 6.07 Å². The number of nitrogens with zero attached hydrogens (tertiary/aromatic N) is 1. The van der Waals surface area contributed by atoms with Crippen LogP contribution in [0.2, 0.25) is 0 Å². The van der Waals surface area contributed by atoms with Crippen molar-refractivity contribution in [3.05, 3.63) is 35.4 Å². The fourth-order valence-corrected chi connectivity index (χ4v) is 2.67. The van der Waals surface area contributed by atoms with Crippen LogP contribution < -0.4 is 0 Å². The summed E-state index contributed by atoms with van der Waals surface area (Å²) in [5, 5.41) is 9.22. The van der Waals surface area contributed by atoms with Gasteiger partial charge in [-0.05, 0) is 36.5 Å². The van der Waals surface area contributed by atoms with Crippen molar-refractivity contribution in [3.63, 3.8) is 0 Å². The highest BCUT2D eigenvalue weighted by molar-refractivity contribution is 5.27. The molecule has 1 saturated carbocycles. The number of benzene rings is 1. The van der Waals surface area contributed by atoms with Gasteiger partial charge in [-0.3, -0.25) is 0 Å². The number of hydrogen-bond donors (Lipinski definition) is 0. The normalized spacial score (nSPS) is 18.6. The number of halogens is 2. The zero-order chi connectivity index (χ0) is 12.3. The maximum atomic E-state index is 13.1. The fraction of sp³-hybridized carbons (Fsp3) is 0.500. The van der Waals surface area contributed by atoms with Gasteiger partial charge < -0.3 is 0 Å². The molecule has 1 fully saturated rings. The van der Waals surface area contributed by atoms with Gasteiger partial charge in [0, 0.05) is 6.07 Å². The lowest BCUT2D eigenvalue weighted by molar-refractivity contribution is 0.335. The average Bonchev–Trinajstić information content (AvgIpc) is 2.30. The Kier molecular flexibility index (Phi) is 3.73. The number of rotatable bonds is 2. The molecule has 0 radical (unpaired) electrons. The molecule has 0 aliphatic heterocycles. The van der Waals surface area contributed by atoms with Crippen LogP contribution in [-0.4, -0.2) is 0 Å². The molecular weight excluding hydrogens is 220 g/mol. The van der Waals surface area contributed by atoms with Crippen molar-refractivity contribution in [2.75, 3.05) is 0 Å². The van der Waals surface area contributed by atoms with E-state index in [1.165, 1.54) is 18.6 Å². The van der Waals surface area contributed by atoms with Crippen molar-refractivity contribution in [1.82, 2.24) is 0 Å². The first kappa shape index (κ1) is 12.0. The van der Waals surface area contributed by atoms with E-state index in [-0.39, 0.29) is 11.8 Å². The lowest BCUT2D eigenvalue weighted by Gasteiger charge is -2.26. The highest BCUT2D eigenvalue weighted by Gasteiger charge is 2.25. The molecule has 1 aliphatic rings. The molecule has 0 amide bonds. The van der Waals surface area contributed by atoms with Crippen molar-refractivity contribution < 1.29 is 8.78 Å². The van der Waals surface area contributed by atoms with Gasteiger partial charge >= 0.3 is 0 Å². The van der Waals surface area contributed by atoms with Gasteiger partial charge in [0.05, 0.1) is 12.0 Å². The van der Waals surface area contributed by atoms with Gasteiger partial charge in [0.25, 0.3) is 0 Å². The summed E-state index contributed by atoms with van der Waals surface area (Å²) in [5.41, 5.74) is 0.483. The van der Waals surface area contributed by atoms with Gasteiger partial charge in [0.15, 0.2) is 0 Å². The topological polar surface area (TPSA) is 23.8 Å². The van der Waals surface area contributed by atoms with Crippen molar-refractivity contribution in [2.24, 2.45) is 5.92 Å². The lowest BCUT2D eigenvalue weighted by atomic mass is 9.77. The summed E-state index contributed by atoms with van der Waals surface area (Å²) < 4.78 is 26.3.